The van der Waals surface area contributed by atoms with Crippen LogP contribution in [0.25, 0.3) is 0 Å². The minimum Gasteiger partial charge on any atom is -0.406 e. The first-order chi connectivity index (χ1) is 12.8. The second-order valence-corrected chi connectivity index (χ2v) is 8.59. The fourth-order valence-corrected chi connectivity index (χ4v) is 3.61. The fourth-order valence-electron chi connectivity index (χ4n) is 2.19. The van der Waals surface area contributed by atoms with E-state index in [2.05, 4.69) is 14.8 Å². The van der Waals surface area contributed by atoms with Crippen LogP contribution in [0.3, 0.4) is 0 Å². The Labute approximate surface area is 160 Å². The molecule has 0 aliphatic heterocycles. The Morgan fingerprint density at radius 1 is 0.929 bits per heavy atom. The number of hydrogen-bond acceptors (Lipinski definition) is 4. The molecular formula is C18H19F3N2O4S. The SMILES string of the molecule is CC(C)(C)NS(=O)(=O)c1ccc(C(=O)Nc2ccc(OC(F)(F)F)cc2)cc1. The molecule has 2 aromatic rings. The van der Waals surface area contributed by atoms with E-state index >= 15 is 0 Å². The van der Waals surface area contributed by atoms with Gasteiger partial charge in [0.05, 0.1) is 4.90 Å². The molecule has 0 aliphatic carbocycles. The zero-order valence-corrected chi connectivity index (χ0v) is 16.1. The van der Waals surface area contributed by atoms with E-state index in [1.807, 2.05) is 0 Å². The van der Waals surface area contributed by atoms with E-state index in [9.17, 15) is 26.4 Å². The summed E-state index contributed by atoms with van der Waals surface area (Å²) in [5.74, 6) is -0.955. The summed E-state index contributed by atoms with van der Waals surface area (Å²) in [6, 6.07) is 9.91. The first kappa shape index (κ1) is 21.7. The molecular weight excluding hydrogens is 397 g/mol. The van der Waals surface area contributed by atoms with Gasteiger partial charge >= 0.3 is 6.36 Å². The lowest BCUT2D eigenvalue weighted by atomic mass is 10.1. The molecule has 0 radical (unpaired) electrons. The van der Waals surface area contributed by atoms with Crippen molar-refractivity contribution in [1.82, 2.24) is 4.72 Å². The molecule has 0 atom stereocenters. The minimum atomic E-state index is -4.80. The van der Waals surface area contributed by atoms with Gasteiger partial charge in [-0.05, 0) is 69.3 Å². The van der Waals surface area contributed by atoms with Gasteiger partial charge in [0, 0.05) is 16.8 Å². The lowest BCUT2D eigenvalue weighted by molar-refractivity contribution is -0.274. The molecule has 2 N–H and O–H groups in total. The standard InChI is InChI=1S/C18H19F3N2O4S/c1-17(2,3)23-28(25,26)15-10-4-12(5-11-15)16(24)22-13-6-8-14(9-7-13)27-18(19,20)21/h4-11,23H,1-3H3,(H,22,24). The van der Waals surface area contributed by atoms with Crippen molar-refractivity contribution in [2.75, 3.05) is 5.32 Å². The molecule has 0 heterocycles. The number of carbonyl (C=O) groups excluding carboxylic acids is 1. The Morgan fingerprint density at radius 3 is 1.93 bits per heavy atom. The molecule has 0 saturated heterocycles. The average molecular weight is 416 g/mol. The Hall–Kier alpha value is -2.59. The lowest BCUT2D eigenvalue weighted by Crippen LogP contribution is -2.40. The summed E-state index contributed by atoms with van der Waals surface area (Å²) in [6.07, 6.45) is -4.80. The number of nitrogens with one attached hydrogen (secondary N) is 2. The lowest BCUT2D eigenvalue weighted by Gasteiger charge is -2.20. The maximum atomic E-state index is 12.2. The van der Waals surface area contributed by atoms with Gasteiger partial charge in [0.25, 0.3) is 5.91 Å². The van der Waals surface area contributed by atoms with Crippen LogP contribution >= 0.6 is 0 Å². The Balaban J connectivity index is 2.07. The second kappa shape index (κ2) is 7.80. The van der Waals surface area contributed by atoms with Crippen LogP contribution in [0.5, 0.6) is 5.75 Å². The summed E-state index contributed by atoms with van der Waals surface area (Å²) in [5, 5.41) is 2.50. The number of ether oxygens (including phenoxy) is 1. The summed E-state index contributed by atoms with van der Waals surface area (Å²) < 4.78 is 67.2. The predicted octanol–water partition coefficient (Wildman–Crippen LogP) is 3.91. The van der Waals surface area contributed by atoms with E-state index in [4.69, 9.17) is 0 Å². The molecule has 0 aliphatic rings. The third kappa shape index (κ3) is 6.54. The number of alkyl halides is 3. The highest BCUT2D eigenvalue weighted by Gasteiger charge is 2.31. The topological polar surface area (TPSA) is 84.5 Å². The van der Waals surface area contributed by atoms with Crippen molar-refractivity contribution in [2.24, 2.45) is 0 Å². The number of hydrogen-bond donors (Lipinski definition) is 2. The molecule has 28 heavy (non-hydrogen) atoms. The first-order valence-electron chi connectivity index (χ1n) is 8.06. The van der Waals surface area contributed by atoms with Gasteiger partial charge in [-0.25, -0.2) is 13.1 Å². The smallest absolute Gasteiger partial charge is 0.406 e. The summed E-state index contributed by atoms with van der Waals surface area (Å²) >= 11 is 0. The van der Waals surface area contributed by atoms with E-state index < -0.39 is 33.6 Å². The van der Waals surface area contributed by atoms with Crippen LogP contribution in [0, 0.1) is 0 Å². The molecule has 10 heteroatoms. The van der Waals surface area contributed by atoms with Crippen molar-refractivity contribution in [3.05, 3.63) is 54.1 Å². The predicted molar refractivity (Wildman–Crippen MR) is 97.6 cm³/mol. The number of carbonyl (C=O) groups is 1. The van der Waals surface area contributed by atoms with E-state index in [1.54, 1.807) is 20.8 Å². The van der Waals surface area contributed by atoms with Gasteiger partial charge in [0.15, 0.2) is 0 Å². The fraction of sp³-hybridized carbons (Fsp3) is 0.278. The normalized spacial score (nSPS) is 12.5. The highest BCUT2D eigenvalue weighted by atomic mass is 32.2. The Morgan fingerprint density at radius 2 is 1.46 bits per heavy atom. The van der Waals surface area contributed by atoms with Gasteiger partial charge in [0.2, 0.25) is 10.0 Å². The van der Waals surface area contributed by atoms with Crippen LogP contribution in [0.2, 0.25) is 0 Å². The van der Waals surface area contributed by atoms with Crippen LogP contribution in [0.4, 0.5) is 18.9 Å². The number of rotatable bonds is 5. The molecule has 0 saturated carbocycles. The third-order valence-corrected chi connectivity index (χ3v) is 4.99. The number of amides is 1. The summed E-state index contributed by atoms with van der Waals surface area (Å²) in [5.41, 5.74) is -0.215. The second-order valence-electron chi connectivity index (χ2n) is 6.91. The average Bonchev–Trinajstić information content (AvgIpc) is 2.53. The summed E-state index contributed by atoms with van der Waals surface area (Å²) in [7, 11) is -3.73. The summed E-state index contributed by atoms with van der Waals surface area (Å²) in [6.45, 7) is 5.12. The van der Waals surface area contributed by atoms with Crippen molar-refractivity contribution in [3.8, 4) is 5.75 Å². The molecule has 152 valence electrons. The minimum absolute atomic E-state index is 0.00706. The van der Waals surface area contributed by atoms with Crippen LogP contribution in [-0.2, 0) is 10.0 Å². The van der Waals surface area contributed by atoms with Crippen LogP contribution in [0.15, 0.2) is 53.4 Å². The van der Waals surface area contributed by atoms with Crippen LogP contribution in [-0.4, -0.2) is 26.2 Å². The van der Waals surface area contributed by atoms with E-state index in [-0.39, 0.29) is 16.1 Å². The zero-order chi connectivity index (χ0) is 21.2. The monoisotopic (exact) mass is 416 g/mol. The highest BCUT2D eigenvalue weighted by Crippen LogP contribution is 2.24. The molecule has 2 rings (SSSR count). The van der Waals surface area contributed by atoms with Gasteiger partial charge in [0.1, 0.15) is 5.75 Å². The van der Waals surface area contributed by atoms with Crippen molar-refractivity contribution in [2.45, 2.75) is 37.6 Å². The molecule has 0 fully saturated rings. The van der Waals surface area contributed by atoms with Crippen molar-refractivity contribution in [1.29, 1.82) is 0 Å². The molecule has 0 bridgehead atoms. The van der Waals surface area contributed by atoms with Gasteiger partial charge in [-0.15, -0.1) is 13.2 Å². The molecule has 2 aromatic carbocycles. The highest BCUT2D eigenvalue weighted by molar-refractivity contribution is 7.89. The van der Waals surface area contributed by atoms with Crippen LogP contribution < -0.4 is 14.8 Å². The largest absolute Gasteiger partial charge is 0.573 e. The molecule has 1 amide bonds. The number of benzene rings is 2. The van der Waals surface area contributed by atoms with Crippen LogP contribution in [0.1, 0.15) is 31.1 Å². The Bertz CT molecular complexity index is 933. The first-order valence-corrected chi connectivity index (χ1v) is 9.55. The van der Waals surface area contributed by atoms with E-state index in [1.165, 1.54) is 36.4 Å². The van der Waals surface area contributed by atoms with Crippen molar-refractivity contribution >= 4 is 21.6 Å². The summed E-state index contributed by atoms with van der Waals surface area (Å²) in [4.78, 5) is 12.2. The maximum absolute atomic E-state index is 12.2. The van der Waals surface area contributed by atoms with Gasteiger partial charge in [-0.3, -0.25) is 4.79 Å². The molecule has 6 nitrogen and oxygen atoms in total. The van der Waals surface area contributed by atoms with Gasteiger partial charge in [-0.2, -0.15) is 0 Å². The van der Waals surface area contributed by atoms with Gasteiger partial charge < -0.3 is 10.1 Å². The molecule has 0 unspecified atom stereocenters. The zero-order valence-electron chi connectivity index (χ0n) is 15.3. The molecule has 0 aromatic heterocycles. The maximum Gasteiger partial charge on any atom is 0.573 e. The van der Waals surface area contributed by atoms with Crippen molar-refractivity contribution in [3.63, 3.8) is 0 Å². The van der Waals surface area contributed by atoms with Crippen molar-refractivity contribution < 1.29 is 31.1 Å². The quantitative estimate of drug-likeness (QED) is 0.774. The molecule has 0 spiro atoms. The number of sulfonamides is 1. The van der Waals surface area contributed by atoms with E-state index in [0.29, 0.717) is 0 Å². The Kier molecular flexibility index (Phi) is 6.05. The third-order valence-electron chi connectivity index (χ3n) is 3.21. The van der Waals surface area contributed by atoms with Gasteiger partial charge in [-0.1, -0.05) is 0 Å². The van der Waals surface area contributed by atoms with E-state index in [0.717, 1.165) is 12.1 Å². The number of halogens is 3. The number of anilines is 1.